The zero-order valence-corrected chi connectivity index (χ0v) is 84.5. The summed E-state index contributed by atoms with van der Waals surface area (Å²) in [7, 11) is 0. The van der Waals surface area contributed by atoms with E-state index in [1.807, 2.05) is 0 Å². The van der Waals surface area contributed by atoms with Crippen molar-refractivity contribution in [3.63, 3.8) is 0 Å². The maximum Gasteiger partial charge on any atom is 0.253 e. The molecule has 2 aliphatic rings. The van der Waals surface area contributed by atoms with Crippen molar-refractivity contribution in [3.05, 3.63) is 12.2 Å². The molecule has 2 aliphatic heterocycles. The number of Topliss-reactive ketones (excluding diaryl/α,β-unsaturated/α-hetero) is 2. The molecule has 2 rings (SSSR count). The van der Waals surface area contributed by atoms with Gasteiger partial charge >= 0.3 is 0 Å². The van der Waals surface area contributed by atoms with Crippen LogP contribution in [0.3, 0.4) is 0 Å². The maximum absolute atomic E-state index is 12.0. The van der Waals surface area contributed by atoms with E-state index < -0.39 is 0 Å². The summed E-state index contributed by atoms with van der Waals surface area (Å²) in [4.78, 5) is 95.8. The van der Waals surface area contributed by atoms with Crippen molar-refractivity contribution < 1.29 is 47.8 Å². The van der Waals surface area contributed by atoms with Crippen LogP contribution in [0.15, 0.2) is 12.2 Å². The van der Waals surface area contributed by atoms with Crippen molar-refractivity contribution in [3.8, 4) is 0 Å². The average Bonchev–Trinajstić information content (AvgIpc) is 1.71. The summed E-state index contributed by atoms with van der Waals surface area (Å²) in [6.45, 7) is 37.5. The highest BCUT2D eigenvalue weighted by Crippen LogP contribution is 2.23. The minimum atomic E-state index is -0.372. The van der Waals surface area contributed by atoms with E-state index in [9.17, 15) is 38.4 Å². The first-order valence-corrected chi connectivity index (χ1v) is 49.2. The Kier molecular flexibility index (Phi) is 267. The van der Waals surface area contributed by atoms with Crippen LogP contribution < -0.4 is 21.7 Å². The molecule has 0 aliphatic carbocycles. The zero-order valence-electron chi connectivity index (χ0n) is 72.0. The summed E-state index contributed by atoms with van der Waals surface area (Å²) in [6.07, 6.45) is 46.7. The molecule has 2 heterocycles. The van der Waals surface area contributed by atoms with Crippen LogP contribution in [0.1, 0.15) is 266 Å². The van der Waals surface area contributed by atoms with Crippen LogP contribution >= 0.6 is 176 Å². The van der Waals surface area contributed by atoms with E-state index in [0.29, 0.717) is 63.9 Å². The number of hydrogen-bond donors (Lipinski definition) is 17. The third kappa shape index (κ3) is 166. The lowest BCUT2D eigenvalue weighted by molar-refractivity contribution is -0.139. The Morgan fingerprint density at radius 3 is 0.886 bits per heavy atom. The number of hydrazine groups is 2. The Labute approximate surface area is 730 Å². The van der Waals surface area contributed by atoms with Crippen LogP contribution in [0.4, 0.5) is 0 Å². The van der Waals surface area contributed by atoms with Gasteiger partial charge in [0, 0.05) is 83.6 Å². The van der Waals surface area contributed by atoms with Gasteiger partial charge in [-0.3, -0.25) is 59.0 Å². The lowest BCUT2D eigenvalue weighted by Crippen LogP contribution is -2.40. The number of ether oxygens (including phenoxy) is 2. The SMILES string of the molecule is C.CCC.CCC.CCC.CCC.CCCC(C)CNNC(=O)CCOCCCC(=O)CCN1C(=O)C=CC1=O.CCCC(C)CNNC(=O)CCOCCCC(=O)CCN1C(=O)CC(SC)C1=O.CCCCC.CCCCC.CS.CS.CS.CS.CS.CS.CS.CS.CS.CS.CS.CS.CS. The highest BCUT2D eigenvalue weighted by atomic mass is 32.2. The van der Waals surface area contributed by atoms with E-state index in [1.165, 1.54) is 93.0 Å². The van der Waals surface area contributed by atoms with Crippen molar-refractivity contribution in [2.75, 3.05) is 140 Å². The predicted molar refractivity (Wildman–Crippen MR) is 528 cm³/mol. The molecule has 105 heavy (non-hydrogen) atoms. The number of carbonyl (C=O) groups is 8. The summed E-state index contributed by atoms with van der Waals surface area (Å²) in [5.74, 6) is -0.350. The fourth-order valence-electron chi connectivity index (χ4n) is 6.39. The zero-order chi connectivity index (χ0) is 86.8. The molecule has 652 valence electrons. The molecule has 3 atom stereocenters. The molecule has 0 radical (unpaired) electrons. The first kappa shape index (κ1) is 158. The lowest BCUT2D eigenvalue weighted by atomic mass is 10.1. The number of imide groups is 2. The van der Waals surface area contributed by atoms with Gasteiger partial charge in [0.05, 0.1) is 31.3 Å². The Bertz CT molecular complexity index is 1490. The minimum absolute atomic E-state index is 0. The Hall–Kier alpha value is 1.04. The van der Waals surface area contributed by atoms with E-state index in [2.05, 4.69) is 297 Å². The molecule has 0 aromatic rings. The predicted octanol–water partition coefficient (Wildman–Crippen LogP) is 20.6. The lowest BCUT2D eigenvalue weighted by Gasteiger charge is -2.13. The minimum Gasteiger partial charge on any atom is -0.381 e. The van der Waals surface area contributed by atoms with Gasteiger partial charge in [0.15, 0.2) is 0 Å². The van der Waals surface area contributed by atoms with E-state index in [4.69, 9.17) is 9.47 Å². The van der Waals surface area contributed by atoms with Crippen molar-refractivity contribution in [2.45, 2.75) is 271 Å². The third-order valence-electron chi connectivity index (χ3n) is 10.4. The molecule has 6 amide bonds. The van der Waals surface area contributed by atoms with Gasteiger partial charge in [0.2, 0.25) is 23.6 Å². The molecule has 1 fully saturated rings. The molecule has 3 unspecified atom stereocenters. The van der Waals surface area contributed by atoms with Crippen LogP contribution in [-0.4, -0.2) is 202 Å². The average molecular weight is 1770 g/mol. The van der Waals surface area contributed by atoms with Gasteiger partial charge in [-0.1, -0.05) is 195 Å². The number of hydrogen-bond acceptors (Lipinski definition) is 26. The topological polar surface area (TPSA) is 210 Å². The van der Waals surface area contributed by atoms with Gasteiger partial charge in [-0.2, -0.15) is 176 Å². The maximum atomic E-state index is 12.0. The number of nitrogens with zero attached hydrogens (tertiary/aromatic N) is 2. The fraction of sp³-hybridized carbons (Fsp3) is 0.867. The van der Waals surface area contributed by atoms with Crippen molar-refractivity contribution >= 4 is 223 Å². The summed E-state index contributed by atoms with van der Waals surface area (Å²) >= 11 is 47.2. The van der Waals surface area contributed by atoms with Gasteiger partial charge in [-0.05, 0) is 125 Å². The first-order valence-electron chi connectivity index (χ1n) is 36.2. The molecule has 30 heteroatoms. The Balaban J connectivity index is -0.0000000478. The molecule has 1 saturated heterocycles. The number of rotatable bonds is 35. The molecule has 0 aromatic heterocycles. The van der Waals surface area contributed by atoms with Gasteiger partial charge in [0.25, 0.3) is 11.8 Å². The van der Waals surface area contributed by atoms with E-state index in [1.54, 1.807) is 87.6 Å². The summed E-state index contributed by atoms with van der Waals surface area (Å²) in [6, 6.07) is 0. The molecule has 0 aromatic carbocycles. The smallest absolute Gasteiger partial charge is 0.253 e. The van der Waals surface area contributed by atoms with E-state index in [-0.39, 0.29) is 105 Å². The molecule has 16 nitrogen and oxygen atoms in total. The summed E-state index contributed by atoms with van der Waals surface area (Å²) in [5.41, 5.74) is 11.2. The Morgan fingerprint density at radius 2 is 0.667 bits per heavy atom. The Morgan fingerprint density at radius 1 is 0.410 bits per heavy atom. The quantitative estimate of drug-likeness (QED) is 0.0123. The van der Waals surface area contributed by atoms with E-state index >= 15 is 0 Å². The monoisotopic (exact) mass is 1770 g/mol. The third-order valence-corrected chi connectivity index (χ3v) is 11.3. The summed E-state index contributed by atoms with van der Waals surface area (Å²) in [5, 5.41) is -0.307. The summed E-state index contributed by atoms with van der Waals surface area (Å²) < 4.78 is 10.8. The molecule has 0 spiro atoms. The van der Waals surface area contributed by atoms with Crippen LogP contribution in [0.2, 0.25) is 0 Å². The first-order chi connectivity index (χ1) is 50.3. The largest absolute Gasteiger partial charge is 0.381 e. The second kappa shape index (κ2) is 177. The van der Waals surface area contributed by atoms with Gasteiger partial charge < -0.3 is 9.47 Å². The van der Waals surface area contributed by atoms with Crippen molar-refractivity contribution in [2.24, 2.45) is 11.8 Å². The standard InChI is InChI=1S/C20H35N3O5S.C19H31N3O5.2C5H12.4C3H8.13CH4S.CH4/c1-4-6-15(2)14-21-22-18(25)9-12-28-11-5-7-16(24)8-10-23-19(26)13-17(29-3)20(23)27;1-3-5-15(2)14-20-21-17(24)10-13-27-12-4-6-16(23)9-11-22-18(25)7-8-19(22)26;2*1-3-5-4-2;4*1-3-2;13*1-2;/h15,17,21H,4-14H2,1-3H3,(H,22,25);7-8,15,20H,3-6,9-14H2,1-2H3,(H,21,24);2*3-5H2,1-2H3;4*3H2,1-2H3;13*2H,1H3;1H4. The molecule has 4 N–H and O–H groups in total. The highest BCUT2D eigenvalue weighted by molar-refractivity contribution is 8.00. The van der Waals surface area contributed by atoms with Crippen LogP contribution in [-0.2, 0) is 47.8 Å². The van der Waals surface area contributed by atoms with Crippen LogP contribution in [0, 0.1) is 11.8 Å². The number of amides is 6. The van der Waals surface area contributed by atoms with Gasteiger partial charge in [-0.15, -0.1) is 0 Å². The fourth-order valence-corrected chi connectivity index (χ4v) is 7.03. The number of thiol groups is 13. The molecule has 0 saturated carbocycles. The van der Waals surface area contributed by atoms with Gasteiger partial charge in [-0.25, -0.2) is 10.9 Å². The molecule has 0 bridgehead atoms. The number of carbonyl (C=O) groups excluding carboxylic acids is 8. The van der Waals surface area contributed by atoms with Crippen LogP contribution in [0.25, 0.3) is 0 Å². The molecular formula is C75H178N6O10S14. The normalized spacial score (nSPS) is 10.9. The number of ketones is 2. The number of likely N-dealkylation sites (tertiary alicyclic amines) is 1. The van der Waals surface area contributed by atoms with Gasteiger partial charge in [0.1, 0.15) is 11.6 Å². The number of thioether (sulfide) groups is 1. The number of nitrogens with one attached hydrogen (secondary N) is 4. The second-order valence-electron chi connectivity index (χ2n) is 19.7. The highest BCUT2D eigenvalue weighted by Gasteiger charge is 2.37. The van der Waals surface area contributed by atoms with E-state index in [0.717, 1.165) is 43.7 Å². The van der Waals surface area contributed by atoms with Crippen molar-refractivity contribution in [1.29, 1.82) is 0 Å². The number of unbranched alkanes of at least 4 members (excludes halogenated alkanes) is 4. The van der Waals surface area contributed by atoms with Crippen LogP contribution in [0.5, 0.6) is 0 Å². The van der Waals surface area contributed by atoms with Crippen molar-refractivity contribution in [1.82, 2.24) is 31.5 Å². The molecular weight excluding hydrogens is 1590 g/mol. The second-order valence-corrected chi connectivity index (χ2v) is 20.7.